The van der Waals surface area contributed by atoms with E-state index >= 15 is 0 Å². The Morgan fingerprint density at radius 3 is 2.46 bits per heavy atom. The van der Waals surface area contributed by atoms with Crippen molar-refractivity contribution in [2.75, 3.05) is 11.9 Å². The lowest BCUT2D eigenvalue weighted by Gasteiger charge is -2.17. The first-order valence-electron chi connectivity index (χ1n) is 7.47. The van der Waals surface area contributed by atoms with Gasteiger partial charge in [0.1, 0.15) is 12.2 Å². The third-order valence-electron chi connectivity index (χ3n) is 3.69. The van der Waals surface area contributed by atoms with Crippen LogP contribution < -0.4 is 10.1 Å². The number of aryl methyl sites for hydroxylation is 4. The lowest BCUT2D eigenvalue weighted by atomic mass is 10.1. The molecule has 0 saturated heterocycles. The van der Waals surface area contributed by atoms with Crippen molar-refractivity contribution >= 4 is 27.5 Å². The van der Waals surface area contributed by atoms with Crippen molar-refractivity contribution in [3.05, 3.63) is 50.8 Å². The number of hydrogen-bond donors (Lipinski definition) is 1. The Kier molecular flexibility index (Phi) is 5.63. The van der Waals surface area contributed by atoms with Crippen LogP contribution in [0.15, 0.2) is 22.7 Å². The first-order valence-corrected chi connectivity index (χ1v) is 8.26. The minimum absolute atomic E-state index is 0.0746. The van der Waals surface area contributed by atoms with Crippen molar-refractivity contribution in [1.82, 2.24) is 4.98 Å². The van der Waals surface area contributed by atoms with Crippen LogP contribution in [0.1, 0.15) is 32.9 Å². The average molecular weight is 387 g/mol. The molecule has 0 radical (unpaired) electrons. The molecule has 1 aromatic carbocycles. The van der Waals surface area contributed by atoms with Gasteiger partial charge in [0.25, 0.3) is 5.91 Å². The van der Waals surface area contributed by atoms with Crippen molar-refractivity contribution < 1.29 is 9.53 Å². The number of anilines is 1. The Bertz CT molecular complexity index is 818. The maximum absolute atomic E-state index is 12.9. The van der Waals surface area contributed by atoms with Crippen LogP contribution in [-0.2, 0) is 0 Å². The molecule has 1 aromatic heterocycles. The molecule has 24 heavy (non-hydrogen) atoms. The molecule has 0 aliphatic heterocycles. The smallest absolute Gasteiger partial charge is 0.261 e. The number of amides is 1. The Labute approximate surface area is 150 Å². The van der Waals surface area contributed by atoms with Crippen LogP contribution in [0.2, 0.25) is 0 Å². The second kappa shape index (κ2) is 7.50. The number of benzene rings is 1. The van der Waals surface area contributed by atoms with Crippen LogP contribution in [0.3, 0.4) is 0 Å². The molecule has 0 fully saturated rings. The van der Waals surface area contributed by atoms with Crippen molar-refractivity contribution in [1.29, 1.82) is 0 Å². The molecular formula is C19H19BrN2O2. The molecule has 0 saturated carbocycles. The van der Waals surface area contributed by atoms with Gasteiger partial charge in [-0.1, -0.05) is 24.1 Å². The minimum atomic E-state index is -0.273. The number of para-hydroxylation sites is 1. The quantitative estimate of drug-likeness (QED) is 0.794. The topological polar surface area (TPSA) is 51.2 Å². The monoisotopic (exact) mass is 386 g/mol. The van der Waals surface area contributed by atoms with E-state index < -0.39 is 0 Å². The predicted octanol–water partition coefficient (Wildman–Crippen LogP) is 4.34. The SMILES string of the molecule is C#CCOc1c(Br)c(C)nc(C)c1C(=O)Nc1c(C)cccc1C. The first kappa shape index (κ1) is 18.0. The van der Waals surface area contributed by atoms with Gasteiger partial charge in [-0.2, -0.15) is 0 Å². The highest BCUT2D eigenvalue weighted by atomic mass is 79.9. The second-order valence-corrected chi connectivity index (χ2v) is 6.31. The summed E-state index contributed by atoms with van der Waals surface area (Å²) in [4.78, 5) is 17.3. The molecule has 1 amide bonds. The molecule has 0 spiro atoms. The van der Waals surface area contributed by atoms with E-state index in [1.165, 1.54) is 0 Å². The van der Waals surface area contributed by atoms with Crippen molar-refractivity contribution in [3.63, 3.8) is 0 Å². The van der Waals surface area contributed by atoms with Gasteiger partial charge >= 0.3 is 0 Å². The third kappa shape index (κ3) is 3.60. The lowest BCUT2D eigenvalue weighted by molar-refractivity contribution is 0.102. The summed E-state index contributed by atoms with van der Waals surface area (Å²) in [6.07, 6.45) is 5.29. The van der Waals surface area contributed by atoms with E-state index in [1.807, 2.05) is 39.0 Å². The fourth-order valence-electron chi connectivity index (χ4n) is 2.50. The van der Waals surface area contributed by atoms with Crippen LogP contribution in [-0.4, -0.2) is 17.5 Å². The van der Waals surface area contributed by atoms with Gasteiger partial charge in [0.15, 0.2) is 5.75 Å². The van der Waals surface area contributed by atoms with E-state index in [2.05, 4.69) is 32.2 Å². The number of halogens is 1. The predicted molar refractivity (Wildman–Crippen MR) is 99.6 cm³/mol. The number of rotatable bonds is 4. The van der Waals surface area contributed by atoms with Gasteiger partial charge in [0, 0.05) is 5.69 Å². The molecule has 1 N–H and O–H groups in total. The van der Waals surface area contributed by atoms with Crippen LogP contribution in [0.5, 0.6) is 5.75 Å². The highest BCUT2D eigenvalue weighted by Gasteiger charge is 2.22. The van der Waals surface area contributed by atoms with Gasteiger partial charge < -0.3 is 10.1 Å². The fourth-order valence-corrected chi connectivity index (χ4v) is 2.90. The number of carbonyl (C=O) groups is 1. The highest BCUT2D eigenvalue weighted by molar-refractivity contribution is 9.10. The Balaban J connectivity index is 2.49. The molecule has 1 heterocycles. The normalized spacial score (nSPS) is 10.2. The Hall–Kier alpha value is -2.32. The fraction of sp³-hybridized carbons (Fsp3) is 0.263. The molecule has 4 nitrogen and oxygen atoms in total. The van der Waals surface area contributed by atoms with Crippen LogP contribution in [0, 0.1) is 40.0 Å². The van der Waals surface area contributed by atoms with Crippen molar-refractivity contribution in [2.45, 2.75) is 27.7 Å². The minimum Gasteiger partial charge on any atom is -0.479 e. The number of hydrogen-bond acceptors (Lipinski definition) is 3. The molecule has 2 rings (SSSR count). The van der Waals surface area contributed by atoms with E-state index in [0.717, 1.165) is 22.5 Å². The van der Waals surface area contributed by atoms with Gasteiger partial charge in [-0.15, -0.1) is 6.42 Å². The number of nitrogens with one attached hydrogen (secondary N) is 1. The number of ether oxygens (including phenoxy) is 1. The van der Waals surface area contributed by atoms with Gasteiger partial charge in [0.05, 0.1) is 15.9 Å². The van der Waals surface area contributed by atoms with E-state index in [4.69, 9.17) is 11.2 Å². The lowest BCUT2D eigenvalue weighted by Crippen LogP contribution is -2.18. The summed E-state index contributed by atoms with van der Waals surface area (Å²) >= 11 is 3.44. The molecule has 0 bridgehead atoms. The summed E-state index contributed by atoms with van der Waals surface area (Å²) in [6.45, 7) is 7.60. The van der Waals surface area contributed by atoms with Crippen molar-refractivity contribution in [2.24, 2.45) is 0 Å². The van der Waals surface area contributed by atoms with E-state index in [1.54, 1.807) is 6.92 Å². The second-order valence-electron chi connectivity index (χ2n) is 5.51. The van der Waals surface area contributed by atoms with Gasteiger partial charge in [-0.25, -0.2) is 0 Å². The zero-order chi connectivity index (χ0) is 17.9. The van der Waals surface area contributed by atoms with Crippen molar-refractivity contribution in [3.8, 4) is 18.1 Å². The molecule has 5 heteroatoms. The summed E-state index contributed by atoms with van der Waals surface area (Å²) in [6, 6.07) is 5.86. The highest BCUT2D eigenvalue weighted by Crippen LogP contribution is 2.34. The third-order valence-corrected chi connectivity index (χ3v) is 4.62. The average Bonchev–Trinajstić information content (AvgIpc) is 2.52. The first-order chi connectivity index (χ1) is 11.4. The maximum Gasteiger partial charge on any atom is 0.261 e. The van der Waals surface area contributed by atoms with E-state index in [0.29, 0.717) is 21.5 Å². The standard InChI is InChI=1S/C19H19BrN2O2/c1-6-10-24-18-15(13(4)21-14(5)16(18)20)19(23)22-17-11(2)8-7-9-12(17)3/h1,7-9H,10H2,2-5H3,(H,22,23). The number of carbonyl (C=O) groups excluding carboxylic acids is 1. The van der Waals surface area contributed by atoms with Gasteiger partial charge in [0.2, 0.25) is 0 Å². The molecule has 0 unspecified atom stereocenters. The van der Waals surface area contributed by atoms with E-state index in [-0.39, 0.29) is 12.5 Å². The van der Waals surface area contributed by atoms with Crippen LogP contribution >= 0.6 is 15.9 Å². The summed E-state index contributed by atoms with van der Waals surface area (Å²) in [5.74, 6) is 2.57. The van der Waals surface area contributed by atoms with Gasteiger partial charge in [-0.3, -0.25) is 9.78 Å². The zero-order valence-corrected chi connectivity index (χ0v) is 15.7. The largest absolute Gasteiger partial charge is 0.479 e. The molecule has 2 aromatic rings. The van der Waals surface area contributed by atoms with Crippen LogP contribution in [0.25, 0.3) is 0 Å². The summed E-state index contributed by atoms with van der Waals surface area (Å²) in [7, 11) is 0. The molecule has 124 valence electrons. The number of pyridine rings is 1. The molecule has 0 atom stereocenters. The number of nitrogens with zero attached hydrogens (tertiary/aromatic N) is 1. The summed E-state index contributed by atoms with van der Waals surface area (Å²) in [5, 5.41) is 2.97. The molecule has 0 aliphatic rings. The zero-order valence-electron chi connectivity index (χ0n) is 14.2. The molecular weight excluding hydrogens is 368 g/mol. The number of aromatic nitrogens is 1. The van der Waals surface area contributed by atoms with E-state index in [9.17, 15) is 4.79 Å². The maximum atomic E-state index is 12.9. The van der Waals surface area contributed by atoms with Crippen LogP contribution in [0.4, 0.5) is 5.69 Å². The Morgan fingerprint density at radius 1 is 1.25 bits per heavy atom. The summed E-state index contributed by atoms with van der Waals surface area (Å²) in [5.41, 5.74) is 4.49. The Morgan fingerprint density at radius 2 is 1.88 bits per heavy atom. The van der Waals surface area contributed by atoms with Gasteiger partial charge in [-0.05, 0) is 54.8 Å². The molecule has 0 aliphatic carbocycles. The summed E-state index contributed by atoms with van der Waals surface area (Å²) < 4.78 is 6.25. The number of terminal acetylenes is 1.